The molecule has 2 aromatic rings. The summed E-state index contributed by atoms with van der Waals surface area (Å²) in [5, 5.41) is 20.6. The van der Waals surface area contributed by atoms with E-state index in [9.17, 15) is 4.79 Å². The Bertz CT molecular complexity index is 575. The Morgan fingerprint density at radius 3 is 2.63 bits per heavy atom. The first-order chi connectivity index (χ1) is 9.20. The number of aromatic nitrogens is 2. The van der Waals surface area contributed by atoms with Crippen molar-refractivity contribution in [2.24, 2.45) is 10.9 Å². The number of oxime groups is 1. The summed E-state index contributed by atoms with van der Waals surface area (Å²) >= 11 is 0. The van der Waals surface area contributed by atoms with E-state index in [0.717, 1.165) is 5.56 Å². The molecule has 0 aliphatic rings. The Balaban J connectivity index is 1.99. The summed E-state index contributed by atoms with van der Waals surface area (Å²) < 4.78 is 0. The fourth-order valence-electron chi connectivity index (χ4n) is 1.51. The molecule has 0 spiro atoms. The number of carbonyl (C=O) groups excluding carboxylic acids is 1. The lowest BCUT2D eigenvalue weighted by molar-refractivity contribution is 0.0951. The summed E-state index contributed by atoms with van der Waals surface area (Å²) in [6, 6.07) is 6.44. The normalized spacial score (nSPS) is 11.3. The molecule has 7 heteroatoms. The maximum absolute atomic E-state index is 11.8. The Morgan fingerprint density at radius 1 is 1.37 bits per heavy atom. The van der Waals surface area contributed by atoms with Gasteiger partial charge in [-0.3, -0.25) is 9.89 Å². The van der Waals surface area contributed by atoms with Gasteiger partial charge in [0.05, 0.1) is 6.20 Å². The lowest BCUT2D eigenvalue weighted by atomic mass is 10.1. The number of H-pyrrole nitrogens is 1. The summed E-state index contributed by atoms with van der Waals surface area (Å²) in [6.07, 6.45) is 3.35. The molecule has 0 atom stereocenters. The predicted molar refractivity (Wildman–Crippen MR) is 68.7 cm³/mol. The summed E-state index contributed by atoms with van der Waals surface area (Å²) in [6.45, 7) is 0.400. The number of nitrogens with zero attached hydrogens (tertiary/aromatic N) is 2. The molecule has 1 aromatic heterocycles. The van der Waals surface area contributed by atoms with Gasteiger partial charge in [-0.1, -0.05) is 17.3 Å². The van der Waals surface area contributed by atoms with Crippen LogP contribution >= 0.6 is 0 Å². The number of carbonyl (C=O) groups is 1. The second kappa shape index (κ2) is 5.67. The van der Waals surface area contributed by atoms with Gasteiger partial charge >= 0.3 is 0 Å². The number of hydrogen-bond acceptors (Lipinski definition) is 4. The molecule has 7 nitrogen and oxygen atoms in total. The average Bonchev–Trinajstić information content (AvgIpc) is 2.97. The monoisotopic (exact) mass is 259 g/mol. The quantitative estimate of drug-likeness (QED) is 0.276. The number of benzene rings is 1. The highest BCUT2D eigenvalue weighted by Crippen LogP contribution is 2.05. The van der Waals surface area contributed by atoms with Crippen LogP contribution in [0, 0.1) is 0 Å². The number of amides is 1. The second-order valence-corrected chi connectivity index (χ2v) is 3.85. The molecule has 19 heavy (non-hydrogen) atoms. The number of rotatable bonds is 4. The van der Waals surface area contributed by atoms with Gasteiger partial charge in [-0.05, 0) is 12.1 Å². The molecule has 2 rings (SSSR count). The van der Waals surface area contributed by atoms with E-state index in [0.29, 0.717) is 17.7 Å². The molecule has 0 saturated heterocycles. The Labute approximate surface area is 109 Å². The maximum atomic E-state index is 11.8. The predicted octanol–water partition coefficient (Wildman–Crippen LogP) is 0.434. The summed E-state index contributed by atoms with van der Waals surface area (Å²) in [5.74, 6) is -0.197. The van der Waals surface area contributed by atoms with Crippen molar-refractivity contribution in [3.8, 4) is 0 Å². The number of hydrogen-bond donors (Lipinski definition) is 4. The van der Waals surface area contributed by atoms with Crippen LogP contribution in [0.15, 0.2) is 41.8 Å². The molecule has 5 N–H and O–H groups in total. The number of nitrogens with one attached hydrogen (secondary N) is 2. The highest BCUT2D eigenvalue weighted by Gasteiger charge is 2.06. The molecule has 0 unspecified atom stereocenters. The van der Waals surface area contributed by atoms with Gasteiger partial charge in [0.1, 0.15) is 0 Å². The van der Waals surface area contributed by atoms with Crippen LogP contribution in [0.4, 0.5) is 0 Å². The standard InChI is InChI=1S/C12H13N5O2/c13-11(17-19)9-1-3-10(4-2-9)12(18)14-5-8-6-15-16-7-8/h1-4,6-7,19H,5H2,(H2,13,17)(H,14,18)(H,15,16). The van der Waals surface area contributed by atoms with Gasteiger partial charge in [-0.25, -0.2) is 0 Å². The van der Waals surface area contributed by atoms with Crippen LogP contribution in [-0.2, 0) is 6.54 Å². The largest absolute Gasteiger partial charge is 0.409 e. The summed E-state index contributed by atoms with van der Waals surface area (Å²) in [5.41, 5.74) is 7.37. The van der Waals surface area contributed by atoms with E-state index in [-0.39, 0.29) is 11.7 Å². The Morgan fingerprint density at radius 2 is 2.05 bits per heavy atom. The topological polar surface area (TPSA) is 116 Å². The Kier molecular flexibility index (Phi) is 3.77. The van der Waals surface area contributed by atoms with Gasteiger partial charge in [0.2, 0.25) is 0 Å². The van der Waals surface area contributed by atoms with Crippen LogP contribution < -0.4 is 11.1 Å². The van der Waals surface area contributed by atoms with Crippen molar-refractivity contribution in [3.05, 3.63) is 53.3 Å². The first-order valence-corrected chi connectivity index (χ1v) is 5.54. The number of amidine groups is 1. The van der Waals surface area contributed by atoms with E-state index in [1.165, 1.54) is 0 Å². The fourth-order valence-corrected chi connectivity index (χ4v) is 1.51. The molecule has 1 amide bonds. The molecule has 1 aromatic carbocycles. The lowest BCUT2D eigenvalue weighted by Crippen LogP contribution is -2.22. The minimum absolute atomic E-state index is 0.00496. The molecule has 98 valence electrons. The van der Waals surface area contributed by atoms with Crippen molar-refractivity contribution in [3.63, 3.8) is 0 Å². The zero-order chi connectivity index (χ0) is 13.7. The van der Waals surface area contributed by atoms with E-state index in [4.69, 9.17) is 10.9 Å². The van der Waals surface area contributed by atoms with Gasteiger partial charge in [0.15, 0.2) is 5.84 Å². The molecule has 0 radical (unpaired) electrons. The van der Waals surface area contributed by atoms with Crippen LogP contribution in [0.2, 0.25) is 0 Å². The van der Waals surface area contributed by atoms with E-state index in [2.05, 4.69) is 20.7 Å². The van der Waals surface area contributed by atoms with Gasteiger partial charge in [-0.15, -0.1) is 0 Å². The van der Waals surface area contributed by atoms with Crippen LogP contribution in [0.1, 0.15) is 21.5 Å². The van der Waals surface area contributed by atoms with Crippen molar-refractivity contribution in [1.29, 1.82) is 0 Å². The zero-order valence-corrected chi connectivity index (χ0v) is 10.00. The van der Waals surface area contributed by atoms with Gasteiger partial charge < -0.3 is 16.3 Å². The molecular formula is C12H13N5O2. The molecule has 0 saturated carbocycles. The zero-order valence-electron chi connectivity index (χ0n) is 10.00. The third kappa shape index (κ3) is 3.09. The van der Waals surface area contributed by atoms with Gasteiger partial charge in [0.25, 0.3) is 5.91 Å². The van der Waals surface area contributed by atoms with Crippen LogP contribution in [-0.4, -0.2) is 27.1 Å². The lowest BCUT2D eigenvalue weighted by Gasteiger charge is -2.04. The van der Waals surface area contributed by atoms with E-state index >= 15 is 0 Å². The van der Waals surface area contributed by atoms with Crippen LogP contribution in [0.25, 0.3) is 0 Å². The molecule has 1 heterocycles. The van der Waals surface area contributed by atoms with E-state index in [1.54, 1.807) is 36.7 Å². The van der Waals surface area contributed by atoms with Crippen LogP contribution in [0.3, 0.4) is 0 Å². The number of aromatic amines is 1. The first-order valence-electron chi connectivity index (χ1n) is 5.54. The van der Waals surface area contributed by atoms with E-state index < -0.39 is 0 Å². The Hall–Kier alpha value is -2.83. The second-order valence-electron chi connectivity index (χ2n) is 3.85. The molecule has 0 aliphatic carbocycles. The van der Waals surface area contributed by atoms with Crippen molar-refractivity contribution < 1.29 is 10.0 Å². The first kappa shape index (κ1) is 12.6. The van der Waals surface area contributed by atoms with Crippen molar-refractivity contribution >= 4 is 11.7 Å². The third-order valence-corrected chi connectivity index (χ3v) is 2.56. The highest BCUT2D eigenvalue weighted by atomic mass is 16.4. The molecule has 0 aliphatic heterocycles. The summed E-state index contributed by atoms with van der Waals surface area (Å²) in [4.78, 5) is 11.8. The number of nitrogens with two attached hydrogens (primary N) is 1. The molecule has 0 bridgehead atoms. The van der Waals surface area contributed by atoms with Crippen LogP contribution in [0.5, 0.6) is 0 Å². The van der Waals surface area contributed by atoms with Gasteiger partial charge in [-0.2, -0.15) is 5.10 Å². The third-order valence-electron chi connectivity index (χ3n) is 2.56. The fraction of sp³-hybridized carbons (Fsp3) is 0.0833. The van der Waals surface area contributed by atoms with Crippen molar-refractivity contribution in [2.45, 2.75) is 6.54 Å². The molecule has 0 fully saturated rings. The highest BCUT2D eigenvalue weighted by molar-refractivity contribution is 5.99. The average molecular weight is 259 g/mol. The van der Waals surface area contributed by atoms with Crippen molar-refractivity contribution in [1.82, 2.24) is 15.5 Å². The summed E-state index contributed by atoms with van der Waals surface area (Å²) in [7, 11) is 0. The van der Waals surface area contributed by atoms with Gasteiger partial charge in [0, 0.05) is 29.4 Å². The minimum Gasteiger partial charge on any atom is -0.409 e. The smallest absolute Gasteiger partial charge is 0.251 e. The molecular weight excluding hydrogens is 246 g/mol. The minimum atomic E-state index is -0.202. The SMILES string of the molecule is N/C(=N/O)c1ccc(C(=O)NCc2cn[nH]c2)cc1. The van der Waals surface area contributed by atoms with E-state index in [1.807, 2.05) is 0 Å². The maximum Gasteiger partial charge on any atom is 0.251 e. The van der Waals surface area contributed by atoms with Crippen molar-refractivity contribution in [2.75, 3.05) is 0 Å².